The Hall–Kier alpha value is -3.44. The Morgan fingerprint density at radius 3 is 2.23 bits per heavy atom. The molecule has 0 saturated carbocycles. The van der Waals surface area contributed by atoms with Crippen LogP contribution in [0.1, 0.15) is 43.7 Å². The number of benzene rings is 2. The van der Waals surface area contributed by atoms with Crippen LogP contribution < -0.4 is 10.6 Å². The molecule has 0 bridgehead atoms. The smallest absolute Gasteiger partial charge is 0.407 e. The van der Waals surface area contributed by atoms with E-state index < -0.39 is 29.3 Å². The van der Waals surface area contributed by atoms with Crippen molar-refractivity contribution in [2.24, 2.45) is 0 Å². The van der Waals surface area contributed by atoms with E-state index >= 15 is 0 Å². The molecule has 2 aromatic rings. The quantitative estimate of drug-likeness (QED) is 0.547. The van der Waals surface area contributed by atoms with Gasteiger partial charge in [0.25, 0.3) is 0 Å². The van der Waals surface area contributed by atoms with E-state index in [0.717, 1.165) is 40.8 Å². The van der Waals surface area contributed by atoms with E-state index in [1.165, 1.54) is 6.92 Å². The SMILES string of the molecule is C[C@H](NC(=O)OCC1c2ccccc2-c2ccccc21)C(=O)N[C@@H](C)C(=O)C(C#N)S1=CCCC1. The Kier molecular flexibility index (Phi) is 7.67. The van der Waals surface area contributed by atoms with Crippen LogP contribution in [0.15, 0.2) is 48.5 Å². The minimum atomic E-state index is -0.901. The third kappa shape index (κ3) is 5.30. The van der Waals surface area contributed by atoms with Crippen LogP contribution in [0.25, 0.3) is 11.1 Å². The molecule has 8 heteroatoms. The highest BCUT2D eigenvalue weighted by atomic mass is 32.2. The van der Waals surface area contributed by atoms with Crippen molar-refractivity contribution in [1.82, 2.24) is 10.6 Å². The predicted molar refractivity (Wildman–Crippen MR) is 137 cm³/mol. The van der Waals surface area contributed by atoms with Gasteiger partial charge in [-0.25, -0.2) is 4.79 Å². The molecular weight excluding hydrogens is 462 g/mol. The van der Waals surface area contributed by atoms with Gasteiger partial charge in [-0.1, -0.05) is 53.9 Å². The summed E-state index contributed by atoms with van der Waals surface area (Å²) in [5.74, 6) is -0.0405. The first-order chi connectivity index (χ1) is 16.9. The minimum absolute atomic E-state index is 0.0777. The van der Waals surface area contributed by atoms with E-state index in [-0.39, 0.29) is 28.8 Å². The molecule has 1 aliphatic heterocycles. The number of fused-ring (bicyclic) bond motifs is 3. The van der Waals surface area contributed by atoms with Gasteiger partial charge >= 0.3 is 6.09 Å². The number of hydrogen-bond donors (Lipinski definition) is 2. The molecule has 0 spiro atoms. The standard InChI is InChI=1S/C27H29N3O4S/c1-17(25(31)24(15-28)35-13-7-8-14-35)29-26(32)18(2)30-27(33)34-16-23-21-11-5-3-9-19(21)20-10-4-6-12-22(20)23/h3-6,9-13,17-18,23-24H,7-8,14,16H2,1-2H3,(H,29,32)(H,30,33)/t17-,18-,24?,35?/m0/s1. The first-order valence-corrected chi connectivity index (χ1v) is 13.3. The Morgan fingerprint density at radius 1 is 1.03 bits per heavy atom. The zero-order chi connectivity index (χ0) is 24.9. The summed E-state index contributed by atoms with van der Waals surface area (Å²) in [5.41, 5.74) is 4.48. The first-order valence-electron chi connectivity index (χ1n) is 11.8. The van der Waals surface area contributed by atoms with Crippen molar-refractivity contribution >= 4 is 33.6 Å². The Balaban J connectivity index is 1.30. The van der Waals surface area contributed by atoms with E-state index in [1.807, 2.05) is 41.8 Å². The van der Waals surface area contributed by atoms with Crippen LogP contribution in [0.2, 0.25) is 0 Å². The molecule has 0 radical (unpaired) electrons. The van der Waals surface area contributed by atoms with Gasteiger partial charge in [0.1, 0.15) is 17.9 Å². The molecule has 182 valence electrons. The van der Waals surface area contributed by atoms with Crippen LogP contribution in [0, 0.1) is 11.3 Å². The zero-order valence-electron chi connectivity index (χ0n) is 19.8. The fraction of sp³-hybridized carbons (Fsp3) is 0.370. The Morgan fingerprint density at radius 2 is 1.66 bits per heavy atom. The number of hydrogen-bond acceptors (Lipinski definition) is 5. The molecule has 2 N–H and O–H groups in total. The highest BCUT2D eigenvalue weighted by Gasteiger charge is 2.31. The summed E-state index contributed by atoms with van der Waals surface area (Å²) in [6.45, 7) is 3.25. The number of alkyl carbamates (subject to hydrolysis) is 1. The highest BCUT2D eigenvalue weighted by Crippen LogP contribution is 2.44. The van der Waals surface area contributed by atoms with Crippen LogP contribution in [-0.4, -0.2) is 52.8 Å². The van der Waals surface area contributed by atoms with Crippen LogP contribution in [0.3, 0.4) is 0 Å². The van der Waals surface area contributed by atoms with Crippen LogP contribution in [0.5, 0.6) is 0 Å². The summed E-state index contributed by atoms with van der Waals surface area (Å²) in [5, 5.41) is 15.9. The van der Waals surface area contributed by atoms with Crippen molar-refractivity contribution in [2.75, 3.05) is 12.4 Å². The molecule has 0 aromatic heterocycles. The Bertz CT molecular complexity index is 1170. The summed E-state index contributed by atoms with van der Waals surface area (Å²) >= 11 is 0. The summed E-state index contributed by atoms with van der Waals surface area (Å²) in [6.07, 6.45) is 1.19. The molecule has 2 unspecified atom stereocenters. The molecule has 35 heavy (non-hydrogen) atoms. The van der Waals surface area contributed by atoms with Gasteiger partial charge in [0.15, 0.2) is 5.78 Å². The van der Waals surface area contributed by atoms with E-state index in [4.69, 9.17) is 4.74 Å². The molecule has 0 fully saturated rings. The van der Waals surface area contributed by atoms with Crippen LogP contribution in [0.4, 0.5) is 4.79 Å². The third-order valence-corrected chi connectivity index (χ3v) is 8.82. The number of carbonyl (C=O) groups excluding carboxylic acids is 3. The topological polar surface area (TPSA) is 108 Å². The lowest BCUT2D eigenvalue weighted by atomic mass is 9.98. The predicted octanol–water partition coefficient (Wildman–Crippen LogP) is 3.74. The molecule has 4 rings (SSSR count). The fourth-order valence-electron chi connectivity index (χ4n) is 4.58. The normalized spacial score (nSPS) is 18.7. The molecule has 2 amide bonds. The lowest BCUT2D eigenvalue weighted by molar-refractivity contribution is -0.127. The summed E-state index contributed by atoms with van der Waals surface area (Å²) in [7, 11) is -0.363. The monoisotopic (exact) mass is 491 g/mol. The third-order valence-electron chi connectivity index (χ3n) is 6.45. The minimum Gasteiger partial charge on any atom is -0.449 e. The number of nitriles is 1. The van der Waals surface area contributed by atoms with Gasteiger partial charge in [-0.3, -0.25) is 9.59 Å². The maximum absolute atomic E-state index is 12.7. The van der Waals surface area contributed by atoms with Gasteiger partial charge < -0.3 is 15.4 Å². The molecule has 0 saturated heterocycles. The second kappa shape index (κ2) is 10.9. The second-order valence-corrected chi connectivity index (χ2v) is 11.0. The van der Waals surface area contributed by atoms with E-state index in [2.05, 4.69) is 28.8 Å². The Labute approximate surface area is 207 Å². The number of ether oxygens (including phenoxy) is 1. The molecule has 4 atom stereocenters. The van der Waals surface area contributed by atoms with E-state index in [1.54, 1.807) is 6.92 Å². The van der Waals surface area contributed by atoms with Gasteiger partial charge in [0, 0.05) is 5.92 Å². The van der Waals surface area contributed by atoms with Crippen molar-refractivity contribution in [3.8, 4) is 17.2 Å². The lowest BCUT2D eigenvalue weighted by Crippen LogP contribution is -2.50. The molecule has 1 aliphatic carbocycles. The summed E-state index contributed by atoms with van der Waals surface area (Å²) in [6, 6.07) is 16.5. The summed E-state index contributed by atoms with van der Waals surface area (Å²) < 4.78 is 5.49. The maximum atomic E-state index is 12.7. The van der Waals surface area contributed by atoms with Gasteiger partial charge in [0.2, 0.25) is 5.91 Å². The number of carbonyl (C=O) groups is 3. The number of nitrogens with zero attached hydrogens (tertiary/aromatic N) is 1. The highest BCUT2D eigenvalue weighted by molar-refractivity contribution is 8.16. The van der Waals surface area contributed by atoms with Gasteiger partial charge in [-0.15, -0.1) is 0 Å². The average Bonchev–Trinajstić information content (AvgIpc) is 3.50. The fourth-order valence-corrected chi connectivity index (χ4v) is 6.78. The summed E-state index contributed by atoms with van der Waals surface area (Å²) in [4.78, 5) is 37.8. The van der Waals surface area contributed by atoms with Gasteiger partial charge in [-0.05, 0) is 54.7 Å². The number of Topliss-reactive ketones (excluding diaryl/α,β-unsaturated/α-hetero) is 1. The van der Waals surface area contributed by atoms with Crippen molar-refractivity contribution in [2.45, 2.75) is 49.9 Å². The molecule has 2 aliphatic rings. The maximum Gasteiger partial charge on any atom is 0.407 e. The van der Waals surface area contributed by atoms with E-state index in [9.17, 15) is 19.6 Å². The molecule has 7 nitrogen and oxygen atoms in total. The largest absolute Gasteiger partial charge is 0.449 e. The van der Waals surface area contributed by atoms with Crippen LogP contribution in [-0.2, 0) is 14.3 Å². The van der Waals surface area contributed by atoms with Crippen molar-refractivity contribution in [1.29, 1.82) is 5.26 Å². The number of amides is 2. The van der Waals surface area contributed by atoms with Gasteiger partial charge in [-0.2, -0.15) is 15.7 Å². The van der Waals surface area contributed by atoms with Gasteiger partial charge in [0.05, 0.1) is 12.1 Å². The first kappa shape index (κ1) is 24.7. The molecular formula is C27H29N3O4S. The molecule has 2 aromatic carbocycles. The van der Waals surface area contributed by atoms with Crippen molar-refractivity contribution < 1.29 is 19.1 Å². The number of nitrogens with one attached hydrogen (secondary N) is 2. The van der Waals surface area contributed by atoms with Crippen molar-refractivity contribution in [3.63, 3.8) is 0 Å². The van der Waals surface area contributed by atoms with Crippen LogP contribution >= 0.6 is 10.5 Å². The number of rotatable bonds is 8. The van der Waals surface area contributed by atoms with Crippen molar-refractivity contribution in [3.05, 3.63) is 59.7 Å². The number of ketones is 1. The average molecular weight is 492 g/mol. The second-order valence-electron chi connectivity index (χ2n) is 8.82. The van der Waals surface area contributed by atoms with E-state index in [0.29, 0.717) is 0 Å². The lowest BCUT2D eigenvalue weighted by Gasteiger charge is -2.21. The molecule has 1 heterocycles. The zero-order valence-corrected chi connectivity index (χ0v) is 20.6.